The molecule has 23 heavy (non-hydrogen) atoms. The molecule has 0 amide bonds. The quantitative estimate of drug-likeness (QED) is 0.208. The van der Waals surface area contributed by atoms with E-state index < -0.39 is 0 Å². The summed E-state index contributed by atoms with van der Waals surface area (Å²) in [5.74, 6) is 0.358. The van der Waals surface area contributed by atoms with Crippen molar-refractivity contribution < 1.29 is 9.53 Å². The fourth-order valence-electron chi connectivity index (χ4n) is 2.62. The Morgan fingerprint density at radius 1 is 1.22 bits per heavy atom. The van der Waals surface area contributed by atoms with Crippen LogP contribution in [0.2, 0.25) is 0 Å². The minimum absolute atomic E-state index is 0. The van der Waals surface area contributed by atoms with Crippen molar-refractivity contribution in [2.24, 2.45) is 10.9 Å². The third-order valence-electron chi connectivity index (χ3n) is 4.05. The van der Waals surface area contributed by atoms with E-state index >= 15 is 0 Å². The monoisotopic (exact) mass is 440 g/mol. The van der Waals surface area contributed by atoms with Gasteiger partial charge in [0.05, 0.1) is 13.0 Å². The molecule has 0 spiro atoms. The number of nitrogens with zero attached hydrogens (tertiary/aromatic N) is 2. The first-order chi connectivity index (χ1) is 10.7. The van der Waals surface area contributed by atoms with Crippen LogP contribution in [0, 0.1) is 5.92 Å². The standard InChI is InChI=1S/C16H32N4O2.HI/c1-14(15(21)22-3)13-19-16(17-2)18-9-8-12-20-10-6-4-5-7-11-20;/h14H,4-13H2,1-3H3,(H2,17,18,19);1H. The molecule has 0 bridgehead atoms. The van der Waals surface area contributed by atoms with Gasteiger partial charge in [-0.15, -0.1) is 24.0 Å². The Bertz CT molecular complexity index is 345. The number of carbonyl (C=O) groups excluding carboxylic acids is 1. The van der Waals surface area contributed by atoms with Crippen LogP contribution in [0.5, 0.6) is 0 Å². The molecule has 0 aromatic heterocycles. The van der Waals surface area contributed by atoms with Crippen molar-refractivity contribution in [3.8, 4) is 0 Å². The number of hydrogen-bond donors (Lipinski definition) is 2. The second-order valence-corrected chi connectivity index (χ2v) is 5.91. The van der Waals surface area contributed by atoms with Crippen LogP contribution >= 0.6 is 24.0 Å². The van der Waals surface area contributed by atoms with Crippen LogP contribution < -0.4 is 10.6 Å². The molecule has 136 valence electrons. The van der Waals surface area contributed by atoms with Gasteiger partial charge in [0.1, 0.15) is 0 Å². The van der Waals surface area contributed by atoms with Gasteiger partial charge in [-0.2, -0.15) is 0 Å². The summed E-state index contributed by atoms with van der Waals surface area (Å²) in [5, 5.41) is 6.45. The molecular weight excluding hydrogens is 407 g/mol. The van der Waals surface area contributed by atoms with Gasteiger partial charge >= 0.3 is 5.97 Å². The molecule has 2 N–H and O–H groups in total. The maximum Gasteiger partial charge on any atom is 0.310 e. The number of carbonyl (C=O) groups is 1. The molecule has 0 radical (unpaired) electrons. The van der Waals surface area contributed by atoms with Crippen LogP contribution in [-0.4, -0.2) is 63.7 Å². The van der Waals surface area contributed by atoms with Crippen molar-refractivity contribution in [3.05, 3.63) is 0 Å². The first-order valence-electron chi connectivity index (χ1n) is 8.42. The lowest BCUT2D eigenvalue weighted by atomic mass is 10.2. The van der Waals surface area contributed by atoms with Crippen LogP contribution in [-0.2, 0) is 9.53 Å². The second-order valence-electron chi connectivity index (χ2n) is 5.91. The molecule has 1 unspecified atom stereocenters. The summed E-state index contributed by atoms with van der Waals surface area (Å²) in [5.41, 5.74) is 0. The summed E-state index contributed by atoms with van der Waals surface area (Å²) in [4.78, 5) is 18.1. The van der Waals surface area contributed by atoms with Crippen LogP contribution in [0.25, 0.3) is 0 Å². The second kappa shape index (κ2) is 13.8. The topological polar surface area (TPSA) is 66.0 Å². The maximum absolute atomic E-state index is 11.3. The highest BCUT2D eigenvalue weighted by Gasteiger charge is 2.13. The summed E-state index contributed by atoms with van der Waals surface area (Å²) < 4.78 is 4.71. The largest absolute Gasteiger partial charge is 0.469 e. The van der Waals surface area contributed by atoms with Crippen molar-refractivity contribution in [2.45, 2.75) is 39.0 Å². The number of aliphatic imine (C=N–C) groups is 1. The minimum Gasteiger partial charge on any atom is -0.469 e. The molecule has 0 aromatic carbocycles. The van der Waals surface area contributed by atoms with E-state index in [1.807, 2.05) is 6.92 Å². The summed E-state index contributed by atoms with van der Waals surface area (Å²) in [6.45, 7) is 6.88. The van der Waals surface area contributed by atoms with Crippen molar-refractivity contribution in [3.63, 3.8) is 0 Å². The number of nitrogens with one attached hydrogen (secondary N) is 2. The molecule has 0 aliphatic carbocycles. The summed E-state index contributed by atoms with van der Waals surface area (Å²) >= 11 is 0. The highest BCUT2D eigenvalue weighted by Crippen LogP contribution is 2.09. The molecule has 1 fully saturated rings. The third-order valence-corrected chi connectivity index (χ3v) is 4.05. The van der Waals surface area contributed by atoms with Crippen molar-refractivity contribution in [1.82, 2.24) is 15.5 Å². The zero-order valence-electron chi connectivity index (χ0n) is 14.8. The smallest absolute Gasteiger partial charge is 0.310 e. The third kappa shape index (κ3) is 10.0. The summed E-state index contributed by atoms with van der Waals surface area (Å²) in [6.07, 6.45) is 6.53. The van der Waals surface area contributed by atoms with Gasteiger partial charge < -0.3 is 20.3 Å². The van der Waals surface area contributed by atoms with Crippen molar-refractivity contribution in [2.75, 3.05) is 46.9 Å². The van der Waals surface area contributed by atoms with E-state index in [1.165, 1.54) is 45.9 Å². The van der Waals surface area contributed by atoms with Crippen LogP contribution in [0.3, 0.4) is 0 Å². The number of rotatable bonds is 7. The predicted octanol–water partition coefficient (Wildman–Crippen LogP) is 1.84. The Labute approximate surface area is 157 Å². The van der Waals surface area contributed by atoms with E-state index in [0.717, 1.165) is 25.5 Å². The first-order valence-corrected chi connectivity index (χ1v) is 8.42. The van der Waals surface area contributed by atoms with E-state index in [4.69, 9.17) is 4.74 Å². The molecule has 1 atom stereocenters. The first kappa shape index (κ1) is 22.4. The van der Waals surface area contributed by atoms with Gasteiger partial charge in [-0.3, -0.25) is 9.79 Å². The molecule has 1 heterocycles. The summed E-state index contributed by atoms with van der Waals surface area (Å²) in [7, 11) is 3.15. The van der Waals surface area contributed by atoms with Crippen LogP contribution in [0.4, 0.5) is 0 Å². The predicted molar refractivity (Wildman–Crippen MR) is 105 cm³/mol. The van der Waals surface area contributed by atoms with Crippen molar-refractivity contribution in [1.29, 1.82) is 0 Å². The average Bonchev–Trinajstić information content (AvgIpc) is 2.81. The van der Waals surface area contributed by atoms with Gasteiger partial charge in [-0.05, 0) is 38.9 Å². The Kier molecular flexibility index (Phi) is 13.5. The number of hydrogen-bond acceptors (Lipinski definition) is 4. The van der Waals surface area contributed by atoms with Crippen LogP contribution in [0.1, 0.15) is 39.0 Å². The van der Waals surface area contributed by atoms with Crippen molar-refractivity contribution >= 4 is 35.9 Å². The minimum atomic E-state index is -0.205. The summed E-state index contributed by atoms with van der Waals surface area (Å²) in [6, 6.07) is 0. The fourth-order valence-corrected chi connectivity index (χ4v) is 2.62. The van der Waals surface area contributed by atoms with Crippen LogP contribution in [0.15, 0.2) is 4.99 Å². The Balaban J connectivity index is 0.00000484. The number of methoxy groups -OCH3 is 1. The molecule has 1 saturated heterocycles. The lowest BCUT2D eigenvalue weighted by molar-refractivity contribution is -0.144. The van der Waals surface area contributed by atoms with Gasteiger partial charge in [0, 0.05) is 20.1 Å². The number of guanidine groups is 1. The molecular formula is C16H33IN4O2. The SMILES string of the molecule is CN=C(NCCCN1CCCCCC1)NCC(C)C(=O)OC.I. The van der Waals surface area contributed by atoms with Gasteiger partial charge in [0.2, 0.25) is 0 Å². The molecule has 0 saturated carbocycles. The Hall–Kier alpha value is -0.570. The number of halogens is 1. The molecule has 1 rings (SSSR count). The lowest BCUT2D eigenvalue weighted by Crippen LogP contribution is -2.41. The molecule has 0 aromatic rings. The number of likely N-dealkylation sites (tertiary alicyclic amines) is 1. The van der Waals surface area contributed by atoms with E-state index in [-0.39, 0.29) is 35.9 Å². The highest BCUT2D eigenvalue weighted by atomic mass is 127. The molecule has 1 aliphatic rings. The lowest BCUT2D eigenvalue weighted by Gasteiger charge is -2.20. The number of ether oxygens (including phenoxy) is 1. The number of esters is 1. The Morgan fingerprint density at radius 3 is 2.43 bits per heavy atom. The Morgan fingerprint density at radius 2 is 1.87 bits per heavy atom. The zero-order chi connectivity index (χ0) is 16.2. The molecule has 6 nitrogen and oxygen atoms in total. The molecule has 1 aliphatic heterocycles. The zero-order valence-corrected chi connectivity index (χ0v) is 17.1. The van der Waals surface area contributed by atoms with Gasteiger partial charge in [0.25, 0.3) is 0 Å². The van der Waals surface area contributed by atoms with E-state index in [1.54, 1.807) is 7.05 Å². The van der Waals surface area contributed by atoms with Gasteiger partial charge in [0.15, 0.2) is 5.96 Å². The maximum atomic E-state index is 11.3. The fraction of sp³-hybridized carbons (Fsp3) is 0.875. The van der Waals surface area contributed by atoms with Gasteiger partial charge in [-0.25, -0.2) is 0 Å². The normalized spacial score (nSPS) is 17.6. The van der Waals surface area contributed by atoms with Gasteiger partial charge in [-0.1, -0.05) is 19.8 Å². The van der Waals surface area contributed by atoms with E-state index in [9.17, 15) is 4.79 Å². The highest BCUT2D eigenvalue weighted by molar-refractivity contribution is 14.0. The van der Waals surface area contributed by atoms with E-state index in [0.29, 0.717) is 6.54 Å². The average molecular weight is 440 g/mol. The van der Waals surface area contributed by atoms with E-state index in [2.05, 4.69) is 20.5 Å². The molecule has 7 heteroatoms.